The van der Waals surface area contributed by atoms with Gasteiger partial charge in [-0.15, -0.1) is 0 Å². The van der Waals surface area contributed by atoms with Gasteiger partial charge in [0.25, 0.3) is 0 Å². The minimum atomic E-state index is -0.793. The van der Waals surface area contributed by atoms with Crippen molar-refractivity contribution in [1.29, 1.82) is 0 Å². The zero-order valence-corrected chi connectivity index (χ0v) is 21.2. The van der Waals surface area contributed by atoms with E-state index < -0.39 is 35.3 Å². The summed E-state index contributed by atoms with van der Waals surface area (Å²) in [7, 11) is 0. The van der Waals surface area contributed by atoms with E-state index in [-0.39, 0.29) is 11.5 Å². The number of amides is 1. The summed E-state index contributed by atoms with van der Waals surface area (Å²) in [5, 5.41) is 1.39. The molecule has 1 amide bonds. The Balaban J connectivity index is 1.76. The van der Waals surface area contributed by atoms with E-state index in [1.54, 1.807) is 26.8 Å². The minimum absolute atomic E-state index is 0.172. The monoisotopic (exact) mass is 483 g/mol. The van der Waals surface area contributed by atoms with Gasteiger partial charge in [0.1, 0.15) is 23.0 Å². The zero-order valence-electron chi connectivity index (χ0n) is 21.2. The van der Waals surface area contributed by atoms with Crippen molar-refractivity contribution in [3.63, 3.8) is 0 Å². The van der Waals surface area contributed by atoms with Crippen LogP contribution in [0.1, 0.15) is 66.4 Å². The molecule has 0 aliphatic carbocycles. The Kier molecular flexibility index (Phi) is 6.42. The Morgan fingerprint density at radius 1 is 1.06 bits per heavy atom. The topological polar surface area (TPSA) is 91.4 Å². The van der Waals surface area contributed by atoms with Crippen LogP contribution >= 0.6 is 0 Å². The largest absolute Gasteiger partial charge is 0.487 e. The molecule has 2 aromatic rings. The molecule has 2 aromatic carbocycles. The highest BCUT2D eigenvalue weighted by Gasteiger charge is 2.40. The fraction of sp³-hybridized carbons (Fsp3) is 0.519. The molecule has 0 bridgehead atoms. The maximum atomic E-state index is 13.4. The molecule has 1 atom stereocenters. The van der Waals surface area contributed by atoms with E-state index in [0.29, 0.717) is 48.9 Å². The molecule has 0 aromatic heterocycles. The van der Waals surface area contributed by atoms with Gasteiger partial charge in [0, 0.05) is 29.8 Å². The summed E-state index contributed by atoms with van der Waals surface area (Å²) in [5.74, 6) is -0.147. The fourth-order valence-corrected chi connectivity index (χ4v) is 4.57. The fourth-order valence-electron chi connectivity index (χ4n) is 4.57. The molecule has 1 fully saturated rings. The van der Waals surface area contributed by atoms with Gasteiger partial charge in [-0.25, -0.2) is 9.59 Å². The van der Waals surface area contributed by atoms with E-state index in [1.165, 1.54) is 11.8 Å². The summed E-state index contributed by atoms with van der Waals surface area (Å²) in [5.41, 5.74) is -0.411. The maximum Gasteiger partial charge on any atom is 0.411 e. The van der Waals surface area contributed by atoms with Crippen LogP contribution in [0.4, 0.5) is 4.79 Å². The summed E-state index contributed by atoms with van der Waals surface area (Å²) >= 11 is 0. The van der Waals surface area contributed by atoms with Crippen LogP contribution < -0.4 is 14.2 Å². The lowest BCUT2D eigenvalue weighted by atomic mass is 9.91. The van der Waals surface area contributed by atoms with E-state index in [2.05, 4.69) is 0 Å². The predicted molar refractivity (Wildman–Crippen MR) is 130 cm³/mol. The van der Waals surface area contributed by atoms with Gasteiger partial charge in [0.15, 0.2) is 11.5 Å². The number of hydrogen-bond donors (Lipinski definition) is 0. The first-order valence-electron chi connectivity index (χ1n) is 12.0. The van der Waals surface area contributed by atoms with Crippen molar-refractivity contribution in [1.82, 2.24) is 4.90 Å². The lowest BCUT2D eigenvalue weighted by molar-refractivity contribution is -0.140. The van der Waals surface area contributed by atoms with Crippen LogP contribution in [0.25, 0.3) is 10.8 Å². The standard InChI is InChI=1S/C27H33NO7/c1-16(29)32-22-18-11-8-7-10-17(18)21-19(13-14-27(5,6)34-21)23(22)33-24(30)20-12-9-15-28(20)25(31)35-26(2,3)4/h7-8,10-11,20H,9,12-15H2,1-6H3/t20-/m0/s1. The minimum Gasteiger partial charge on any atom is -0.487 e. The Bertz CT molecular complexity index is 1180. The van der Waals surface area contributed by atoms with E-state index >= 15 is 0 Å². The zero-order chi connectivity index (χ0) is 25.5. The summed E-state index contributed by atoms with van der Waals surface area (Å²) in [4.78, 5) is 39.6. The van der Waals surface area contributed by atoms with Crippen LogP contribution in [0.3, 0.4) is 0 Å². The van der Waals surface area contributed by atoms with E-state index in [9.17, 15) is 14.4 Å². The predicted octanol–water partition coefficient (Wildman–Crippen LogP) is 5.17. The number of benzene rings is 2. The second-order valence-corrected chi connectivity index (χ2v) is 10.7. The van der Waals surface area contributed by atoms with Crippen molar-refractivity contribution in [2.24, 2.45) is 0 Å². The highest BCUT2D eigenvalue weighted by Crippen LogP contribution is 2.50. The third kappa shape index (κ3) is 5.21. The van der Waals surface area contributed by atoms with Crippen LogP contribution in [0.5, 0.6) is 17.2 Å². The maximum absolute atomic E-state index is 13.4. The molecule has 0 spiro atoms. The SMILES string of the molecule is CC(=O)Oc1c(OC(=O)[C@@H]2CCCN2C(=O)OC(C)(C)C)c2c(c3ccccc13)OC(C)(C)CC2. The number of carbonyl (C=O) groups is 3. The molecule has 0 saturated carbocycles. The van der Waals surface area contributed by atoms with Crippen LogP contribution in [0.2, 0.25) is 0 Å². The summed E-state index contributed by atoms with van der Waals surface area (Å²) < 4.78 is 23.4. The molecule has 2 heterocycles. The summed E-state index contributed by atoms with van der Waals surface area (Å²) in [6, 6.07) is 6.61. The van der Waals surface area contributed by atoms with Crippen LogP contribution in [-0.4, -0.2) is 46.7 Å². The lowest BCUT2D eigenvalue weighted by Gasteiger charge is -2.35. The van der Waals surface area contributed by atoms with Gasteiger partial charge in [-0.3, -0.25) is 9.69 Å². The summed E-state index contributed by atoms with van der Waals surface area (Å²) in [6.07, 6.45) is 1.83. The second-order valence-electron chi connectivity index (χ2n) is 10.7. The van der Waals surface area contributed by atoms with Crippen molar-refractivity contribution in [3.05, 3.63) is 29.8 Å². The van der Waals surface area contributed by atoms with Gasteiger partial charge < -0.3 is 18.9 Å². The van der Waals surface area contributed by atoms with Gasteiger partial charge in [-0.2, -0.15) is 0 Å². The van der Waals surface area contributed by atoms with E-state index in [0.717, 1.165) is 5.39 Å². The molecule has 0 unspecified atom stereocenters. The molecule has 35 heavy (non-hydrogen) atoms. The van der Waals surface area contributed by atoms with Crippen LogP contribution in [0.15, 0.2) is 24.3 Å². The van der Waals surface area contributed by atoms with Crippen LogP contribution in [0, 0.1) is 0 Å². The first kappa shape index (κ1) is 24.8. The first-order chi connectivity index (χ1) is 16.4. The Morgan fingerprint density at radius 2 is 1.74 bits per heavy atom. The number of hydrogen-bond acceptors (Lipinski definition) is 7. The second kappa shape index (κ2) is 9.06. The third-order valence-electron chi connectivity index (χ3n) is 6.13. The highest BCUT2D eigenvalue weighted by molar-refractivity contribution is 6.00. The van der Waals surface area contributed by atoms with Gasteiger partial charge >= 0.3 is 18.0 Å². The molecule has 2 aliphatic rings. The number of fused-ring (bicyclic) bond motifs is 3. The average Bonchev–Trinajstić information content (AvgIpc) is 3.24. The molecule has 4 rings (SSSR count). The van der Waals surface area contributed by atoms with Gasteiger partial charge in [0.2, 0.25) is 0 Å². The van der Waals surface area contributed by atoms with Gasteiger partial charge in [-0.1, -0.05) is 24.3 Å². The highest BCUT2D eigenvalue weighted by atomic mass is 16.6. The number of nitrogens with zero attached hydrogens (tertiary/aromatic N) is 1. The van der Waals surface area contributed by atoms with Gasteiger partial charge in [0.05, 0.1) is 0 Å². The molecule has 0 N–H and O–H groups in total. The Hall–Kier alpha value is -3.29. The normalized spacial score (nSPS) is 19.0. The third-order valence-corrected chi connectivity index (χ3v) is 6.13. The number of carbonyl (C=O) groups excluding carboxylic acids is 3. The number of ether oxygens (including phenoxy) is 4. The van der Waals surface area contributed by atoms with Crippen molar-refractivity contribution < 1.29 is 33.3 Å². The van der Waals surface area contributed by atoms with E-state index in [4.69, 9.17) is 18.9 Å². The smallest absolute Gasteiger partial charge is 0.411 e. The number of rotatable bonds is 3. The molecule has 0 radical (unpaired) electrons. The molecular weight excluding hydrogens is 450 g/mol. The average molecular weight is 484 g/mol. The molecular formula is C27H33NO7. The van der Waals surface area contributed by atoms with Crippen molar-refractivity contribution in [2.75, 3.05) is 6.54 Å². The number of likely N-dealkylation sites (tertiary alicyclic amines) is 1. The lowest BCUT2D eigenvalue weighted by Crippen LogP contribution is -2.45. The van der Waals surface area contributed by atoms with Gasteiger partial charge in [-0.05, 0) is 60.3 Å². The quantitative estimate of drug-likeness (QED) is 0.439. The molecule has 1 saturated heterocycles. The van der Waals surface area contributed by atoms with Crippen LogP contribution in [-0.2, 0) is 20.7 Å². The van der Waals surface area contributed by atoms with Crippen molar-refractivity contribution in [2.45, 2.75) is 84.5 Å². The molecule has 2 aliphatic heterocycles. The Morgan fingerprint density at radius 3 is 2.40 bits per heavy atom. The molecule has 8 nitrogen and oxygen atoms in total. The number of esters is 2. The Labute approximate surface area is 205 Å². The first-order valence-corrected chi connectivity index (χ1v) is 12.0. The molecule has 8 heteroatoms. The van der Waals surface area contributed by atoms with Crippen molar-refractivity contribution in [3.8, 4) is 17.2 Å². The van der Waals surface area contributed by atoms with E-state index in [1.807, 2.05) is 32.0 Å². The molecule has 188 valence electrons. The van der Waals surface area contributed by atoms with Crippen molar-refractivity contribution >= 4 is 28.8 Å². The summed E-state index contributed by atoms with van der Waals surface area (Å²) in [6.45, 7) is 11.1.